The maximum Gasteiger partial charge on any atom is 0.412 e. The molecule has 0 bridgehead atoms. The largest absolute Gasteiger partial charge is 0.487 e. The molecule has 1 aromatic rings. The van der Waals surface area contributed by atoms with Crippen LogP contribution in [0.15, 0.2) is 18.2 Å². The third kappa shape index (κ3) is 7.11. The van der Waals surface area contributed by atoms with Gasteiger partial charge in [-0.05, 0) is 59.2 Å². The molecular weight excluding hydrogens is 400 g/mol. The normalized spacial score (nSPS) is 22.2. The highest BCUT2D eigenvalue weighted by Crippen LogP contribution is 2.40. The number of carbonyl (C=O) groups excluding carboxylic acids is 2. The van der Waals surface area contributed by atoms with E-state index in [-0.39, 0.29) is 18.6 Å². The Morgan fingerprint density at radius 1 is 1.26 bits per heavy atom. The van der Waals surface area contributed by atoms with E-state index in [9.17, 15) is 9.59 Å². The average molecular weight is 435 g/mol. The van der Waals surface area contributed by atoms with Crippen LogP contribution in [0.5, 0.6) is 5.75 Å². The highest BCUT2D eigenvalue weighted by Gasteiger charge is 2.35. The van der Waals surface area contributed by atoms with Gasteiger partial charge >= 0.3 is 6.09 Å². The predicted octanol–water partition coefficient (Wildman–Crippen LogP) is 3.81. The zero-order valence-corrected chi connectivity index (χ0v) is 19.1. The molecule has 2 amide bonds. The van der Waals surface area contributed by atoms with E-state index in [1.54, 1.807) is 12.1 Å². The fourth-order valence-corrected chi connectivity index (χ4v) is 3.75. The molecule has 3 rings (SSSR count). The van der Waals surface area contributed by atoms with Gasteiger partial charge in [-0.2, -0.15) is 0 Å². The van der Waals surface area contributed by atoms with Crippen LogP contribution in [0.2, 0.25) is 0 Å². The van der Waals surface area contributed by atoms with E-state index in [0.717, 1.165) is 18.6 Å². The highest BCUT2D eigenvalue weighted by atomic mass is 16.6. The third-order valence-electron chi connectivity index (χ3n) is 5.06. The van der Waals surface area contributed by atoms with Gasteiger partial charge in [-0.15, -0.1) is 0 Å². The van der Waals surface area contributed by atoms with E-state index < -0.39 is 17.3 Å². The molecule has 8 nitrogen and oxygen atoms in total. The van der Waals surface area contributed by atoms with Gasteiger partial charge in [0.05, 0.1) is 19.3 Å². The number of rotatable bonds is 6. The number of fused-ring (bicyclic) bond motifs is 1. The molecule has 172 valence electrons. The van der Waals surface area contributed by atoms with Crippen molar-refractivity contribution in [1.82, 2.24) is 5.32 Å². The van der Waals surface area contributed by atoms with Crippen LogP contribution in [-0.4, -0.2) is 49.6 Å². The van der Waals surface area contributed by atoms with Crippen molar-refractivity contribution in [2.45, 2.75) is 64.7 Å². The van der Waals surface area contributed by atoms with Crippen molar-refractivity contribution in [3.8, 4) is 5.75 Å². The lowest BCUT2D eigenvalue weighted by atomic mass is 9.89. The molecule has 2 atom stereocenters. The van der Waals surface area contributed by atoms with Gasteiger partial charge in [0.15, 0.2) is 0 Å². The smallest absolute Gasteiger partial charge is 0.412 e. The molecular formula is C23H34N2O6. The predicted molar refractivity (Wildman–Crippen MR) is 116 cm³/mol. The van der Waals surface area contributed by atoms with Crippen molar-refractivity contribution in [2.75, 3.05) is 31.7 Å². The number of hydrogen-bond donors (Lipinski definition) is 2. The van der Waals surface area contributed by atoms with Gasteiger partial charge in [-0.25, -0.2) is 4.79 Å². The van der Waals surface area contributed by atoms with Crippen molar-refractivity contribution in [3.63, 3.8) is 0 Å². The van der Waals surface area contributed by atoms with Crippen LogP contribution in [0, 0.1) is 5.92 Å². The first-order valence-electron chi connectivity index (χ1n) is 10.8. The molecule has 1 aromatic carbocycles. The fraction of sp³-hybridized carbons (Fsp3) is 0.652. The lowest BCUT2D eigenvalue weighted by molar-refractivity contribution is -0.127. The summed E-state index contributed by atoms with van der Waals surface area (Å²) in [6, 6.07) is 5.12. The molecule has 0 radical (unpaired) electrons. The van der Waals surface area contributed by atoms with E-state index in [2.05, 4.69) is 10.6 Å². The van der Waals surface area contributed by atoms with Crippen LogP contribution >= 0.6 is 0 Å². The van der Waals surface area contributed by atoms with Gasteiger partial charge in [0.25, 0.3) is 0 Å². The second-order valence-corrected chi connectivity index (χ2v) is 9.81. The SMILES string of the molecule is CC(C)(C)OC(=O)Nc1ccc2c(c1)[C@@H](NC(=O)COC[C@@H]1CCOC1)CC(C)(C)O2. The van der Waals surface area contributed by atoms with Crippen LogP contribution < -0.4 is 15.4 Å². The van der Waals surface area contributed by atoms with Crippen LogP contribution in [-0.2, 0) is 19.0 Å². The molecule has 2 aliphatic rings. The molecule has 31 heavy (non-hydrogen) atoms. The highest BCUT2D eigenvalue weighted by molar-refractivity contribution is 5.85. The summed E-state index contributed by atoms with van der Waals surface area (Å²) in [4.78, 5) is 24.7. The lowest BCUT2D eigenvalue weighted by Crippen LogP contribution is -2.42. The maximum absolute atomic E-state index is 12.5. The molecule has 2 aliphatic heterocycles. The molecule has 0 saturated carbocycles. The minimum atomic E-state index is -0.591. The molecule has 2 heterocycles. The summed E-state index contributed by atoms with van der Waals surface area (Å²) in [7, 11) is 0. The Labute approximate surface area is 184 Å². The Morgan fingerprint density at radius 2 is 2.03 bits per heavy atom. The van der Waals surface area contributed by atoms with Gasteiger partial charge in [-0.1, -0.05) is 0 Å². The summed E-state index contributed by atoms with van der Waals surface area (Å²) >= 11 is 0. The quantitative estimate of drug-likeness (QED) is 0.707. The van der Waals surface area contributed by atoms with Gasteiger partial charge in [-0.3, -0.25) is 10.1 Å². The Morgan fingerprint density at radius 3 is 2.71 bits per heavy atom. The summed E-state index contributed by atoms with van der Waals surface area (Å²) in [6.45, 7) is 11.4. The van der Waals surface area contributed by atoms with Crippen molar-refractivity contribution in [2.24, 2.45) is 5.92 Å². The Balaban J connectivity index is 1.65. The van der Waals surface area contributed by atoms with E-state index >= 15 is 0 Å². The van der Waals surface area contributed by atoms with E-state index in [1.807, 2.05) is 40.7 Å². The molecule has 0 spiro atoms. The van der Waals surface area contributed by atoms with Gasteiger partial charge in [0.2, 0.25) is 5.91 Å². The average Bonchev–Trinajstić information content (AvgIpc) is 3.13. The standard InChI is InChI=1S/C23H34N2O6/c1-22(2,3)31-21(27)24-16-6-7-19-17(10-16)18(11-23(4,5)30-19)25-20(26)14-29-13-15-8-9-28-12-15/h6-7,10,15,18H,8-9,11-14H2,1-5H3,(H,24,27)(H,25,26)/t15-,18+/m1/s1. The molecule has 8 heteroatoms. The van der Waals surface area contributed by atoms with Gasteiger partial charge in [0.1, 0.15) is 23.6 Å². The Bertz CT molecular complexity index is 796. The Hall–Kier alpha value is -2.32. The van der Waals surface area contributed by atoms with E-state index in [0.29, 0.717) is 37.0 Å². The second-order valence-electron chi connectivity index (χ2n) is 9.81. The summed E-state index contributed by atoms with van der Waals surface area (Å²) in [6.07, 6.45) is 1.03. The Kier molecular flexibility index (Phi) is 7.11. The summed E-state index contributed by atoms with van der Waals surface area (Å²) < 4.78 is 22.3. The van der Waals surface area contributed by atoms with Crippen molar-refractivity contribution >= 4 is 17.7 Å². The number of hydrogen-bond acceptors (Lipinski definition) is 6. The van der Waals surface area contributed by atoms with E-state index in [4.69, 9.17) is 18.9 Å². The first kappa shape index (κ1) is 23.3. The molecule has 1 saturated heterocycles. The molecule has 0 aromatic heterocycles. The number of carbonyl (C=O) groups is 2. The fourth-order valence-electron chi connectivity index (χ4n) is 3.75. The molecule has 0 aliphatic carbocycles. The topological polar surface area (TPSA) is 95.1 Å². The number of ether oxygens (including phenoxy) is 4. The second kappa shape index (κ2) is 9.44. The number of nitrogens with one attached hydrogen (secondary N) is 2. The first-order valence-corrected chi connectivity index (χ1v) is 10.8. The van der Waals surface area contributed by atoms with E-state index in [1.165, 1.54) is 0 Å². The van der Waals surface area contributed by atoms with Crippen molar-refractivity contribution < 1.29 is 28.5 Å². The van der Waals surface area contributed by atoms with Gasteiger partial charge < -0.3 is 24.3 Å². The number of benzene rings is 1. The zero-order valence-electron chi connectivity index (χ0n) is 19.1. The number of anilines is 1. The summed E-state index contributed by atoms with van der Waals surface area (Å²) in [5.41, 5.74) is 0.359. The minimum Gasteiger partial charge on any atom is -0.487 e. The van der Waals surface area contributed by atoms with Gasteiger partial charge in [0, 0.05) is 30.2 Å². The maximum atomic E-state index is 12.5. The van der Waals surface area contributed by atoms with Crippen LogP contribution in [0.3, 0.4) is 0 Å². The summed E-state index contributed by atoms with van der Waals surface area (Å²) in [5.74, 6) is 0.857. The van der Waals surface area contributed by atoms with Crippen LogP contribution in [0.4, 0.5) is 10.5 Å². The van der Waals surface area contributed by atoms with Crippen molar-refractivity contribution in [1.29, 1.82) is 0 Å². The summed E-state index contributed by atoms with van der Waals surface area (Å²) in [5, 5.41) is 5.80. The zero-order chi connectivity index (χ0) is 22.6. The molecule has 2 N–H and O–H groups in total. The van der Waals surface area contributed by atoms with Crippen LogP contribution in [0.25, 0.3) is 0 Å². The number of amides is 2. The van der Waals surface area contributed by atoms with Crippen LogP contribution in [0.1, 0.15) is 59.1 Å². The minimum absolute atomic E-state index is 0.000527. The third-order valence-corrected chi connectivity index (χ3v) is 5.06. The molecule has 1 fully saturated rings. The first-order chi connectivity index (χ1) is 14.5. The molecule has 0 unspecified atom stereocenters. The monoisotopic (exact) mass is 434 g/mol. The van der Waals surface area contributed by atoms with Crippen molar-refractivity contribution in [3.05, 3.63) is 23.8 Å². The lowest BCUT2D eigenvalue weighted by Gasteiger charge is -2.38.